The number of hydrogen-bond donors (Lipinski definition) is 1. The second-order valence-electron chi connectivity index (χ2n) is 7.05. The third-order valence-corrected chi connectivity index (χ3v) is 5.66. The third-order valence-electron chi connectivity index (χ3n) is 4.26. The van der Waals surface area contributed by atoms with Crippen LogP contribution in [0.2, 0.25) is 0 Å². The number of benzene rings is 1. The third kappa shape index (κ3) is 2.40. The summed E-state index contributed by atoms with van der Waals surface area (Å²) in [6.07, 6.45) is -0.134. The molecule has 1 amide bonds. The normalized spacial score (nSPS) is 22.5. The van der Waals surface area contributed by atoms with Gasteiger partial charge in [-0.1, -0.05) is 28.7 Å². The highest BCUT2D eigenvalue weighted by molar-refractivity contribution is 7.91. The first-order valence-electron chi connectivity index (χ1n) is 7.30. The minimum absolute atomic E-state index is 0.303. The van der Waals surface area contributed by atoms with Gasteiger partial charge in [-0.3, -0.25) is 0 Å². The van der Waals surface area contributed by atoms with Crippen LogP contribution in [-0.2, 0) is 17.8 Å². The average Bonchev–Trinajstić information content (AvgIpc) is 2.70. The van der Waals surface area contributed by atoms with E-state index in [9.17, 15) is 9.35 Å². The first kappa shape index (κ1) is 15.4. The van der Waals surface area contributed by atoms with E-state index in [0.717, 1.165) is 23.3 Å². The van der Waals surface area contributed by atoms with Crippen molar-refractivity contribution >= 4 is 23.2 Å². The molecule has 1 heterocycles. The molecule has 118 valence electrons. The van der Waals surface area contributed by atoms with Crippen LogP contribution in [0, 0.1) is 5.41 Å². The van der Waals surface area contributed by atoms with Gasteiger partial charge in [0.2, 0.25) is 0 Å². The van der Waals surface area contributed by atoms with Gasteiger partial charge in [-0.2, -0.15) is 0 Å². The predicted molar refractivity (Wildman–Crippen MR) is 86.6 cm³/mol. The van der Waals surface area contributed by atoms with Crippen LogP contribution in [-0.4, -0.2) is 44.2 Å². The van der Waals surface area contributed by atoms with Crippen LogP contribution in [0.5, 0.6) is 0 Å². The molecule has 6 heteroatoms. The lowest BCUT2D eigenvalue weighted by molar-refractivity contribution is 0.0564. The van der Waals surface area contributed by atoms with E-state index >= 15 is 0 Å². The molecule has 22 heavy (non-hydrogen) atoms. The van der Waals surface area contributed by atoms with E-state index in [0.29, 0.717) is 13.1 Å². The van der Waals surface area contributed by atoms with Crippen molar-refractivity contribution in [2.45, 2.75) is 31.9 Å². The van der Waals surface area contributed by atoms with Crippen LogP contribution >= 0.6 is 0 Å². The van der Waals surface area contributed by atoms with Gasteiger partial charge in [-0.25, -0.2) is 4.79 Å². The van der Waals surface area contributed by atoms with Crippen molar-refractivity contribution < 1.29 is 14.5 Å². The molecule has 0 unspecified atom stereocenters. The molecule has 0 saturated carbocycles. The van der Waals surface area contributed by atoms with Crippen molar-refractivity contribution in [3.05, 3.63) is 35.4 Å². The number of amides is 1. The van der Waals surface area contributed by atoms with Crippen molar-refractivity contribution in [1.29, 1.82) is 0 Å². The Morgan fingerprint density at radius 1 is 1.36 bits per heavy atom. The van der Waals surface area contributed by atoms with Crippen LogP contribution < -0.4 is 0 Å². The zero-order valence-corrected chi connectivity index (χ0v) is 13.8. The standard InChI is InChI=1S/C16H20N2O3S/c1-15(2,3)22(21)17-13-12-7-5-4-6-11(12)8-16(13)9-18(10-16)14(19)20/h4-7H,8-10H2,1-3H3,(H,19,20)/b17-13+/t22-/m1/s1. The summed E-state index contributed by atoms with van der Waals surface area (Å²) in [7, 11) is 0. The smallest absolute Gasteiger partial charge is 0.407 e. The van der Waals surface area contributed by atoms with Gasteiger partial charge < -0.3 is 14.6 Å². The Labute approximate surface area is 133 Å². The minimum Gasteiger partial charge on any atom is -0.591 e. The Hall–Kier alpha value is -1.53. The molecule has 0 radical (unpaired) electrons. The van der Waals surface area contributed by atoms with Crippen molar-refractivity contribution in [2.24, 2.45) is 9.81 Å². The van der Waals surface area contributed by atoms with Crippen molar-refractivity contribution in [1.82, 2.24) is 4.90 Å². The highest BCUT2D eigenvalue weighted by Gasteiger charge is 2.54. The highest BCUT2D eigenvalue weighted by atomic mass is 32.2. The summed E-state index contributed by atoms with van der Waals surface area (Å²) in [4.78, 5) is 12.5. The number of fused-ring (bicyclic) bond motifs is 1. The Kier molecular flexibility index (Phi) is 3.49. The summed E-state index contributed by atoms with van der Waals surface area (Å²) in [5, 5.41) is 9.12. The first-order valence-corrected chi connectivity index (χ1v) is 8.41. The summed E-state index contributed by atoms with van der Waals surface area (Å²) in [5.41, 5.74) is 2.69. The van der Waals surface area contributed by atoms with Gasteiger partial charge in [0.15, 0.2) is 0 Å². The van der Waals surface area contributed by atoms with Gasteiger partial charge in [0.05, 0.1) is 5.41 Å². The maximum Gasteiger partial charge on any atom is 0.407 e. The highest BCUT2D eigenvalue weighted by Crippen LogP contribution is 2.45. The summed E-state index contributed by atoms with van der Waals surface area (Å²) in [6.45, 7) is 6.54. The van der Waals surface area contributed by atoms with Crippen LogP contribution in [0.1, 0.15) is 31.9 Å². The van der Waals surface area contributed by atoms with E-state index in [1.54, 1.807) is 0 Å². The maximum atomic E-state index is 12.5. The summed E-state index contributed by atoms with van der Waals surface area (Å²) >= 11 is -1.35. The van der Waals surface area contributed by atoms with E-state index in [2.05, 4.69) is 4.40 Å². The summed E-state index contributed by atoms with van der Waals surface area (Å²) in [5.74, 6) is 0. The largest absolute Gasteiger partial charge is 0.591 e. The fourth-order valence-corrected chi connectivity index (χ4v) is 3.82. The lowest BCUT2D eigenvalue weighted by Crippen LogP contribution is -2.61. The van der Waals surface area contributed by atoms with Gasteiger partial charge in [-0.15, -0.1) is 0 Å². The zero-order chi connectivity index (χ0) is 16.1. The molecule has 2 aliphatic rings. The van der Waals surface area contributed by atoms with E-state index in [4.69, 9.17) is 5.11 Å². The minimum atomic E-state index is -1.35. The SMILES string of the molecule is CC(C)(C)[S@@+]([O-])/N=C1\c2ccccc2CC12CN(C(=O)O)C2. The van der Waals surface area contributed by atoms with Crippen LogP contribution in [0.3, 0.4) is 0 Å². The molecule has 0 aromatic heterocycles. The first-order chi connectivity index (χ1) is 10.2. The fourth-order valence-electron chi connectivity index (χ4n) is 3.09. The van der Waals surface area contributed by atoms with Crippen LogP contribution in [0.25, 0.3) is 0 Å². The average molecular weight is 320 g/mol. The molecule has 5 nitrogen and oxygen atoms in total. The number of nitrogens with zero attached hydrogens (tertiary/aromatic N) is 2. The topological polar surface area (TPSA) is 76.0 Å². The second kappa shape index (κ2) is 4.99. The second-order valence-corrected chi connectivity index (χ2v) is 8.96. The maximum absolute atomic E-state index is 12.5. The van der Waals surface area contributed by atoms with Crippen molar-refractivity contribution in [3.8, 4) is 0 Å². The molecule has 1 aliphatic heterocycles. The number of rotatable bonds is 1. The summed E-state index contributed by atoms with van der Waals surface area (Å²) in [6, 6.07) is 7.96. The van der Waals surface area contributed by atoms with Gasteiger partial charge >= 0.3 is 6.09 Å². The Morgan fingerprint density at radius 2 is 2.00 bits per heavy atom. The van der Waals surface area contributed by atoms with E-state index in [1.165, 1.54) is 4.90 Å². The molecule has 1 aliphatic carbocycles. The van der Waals surface area contributed by atoms with E-state index < -0.39 is 22.2 Å². The molecule has 1 atom stereocenters. The molecule has 1 spiro atoms. The molecule has 1 fully saturated rings. The quantitative estimate of drug-likeness (QED) is 0.808. The van der Waals surface area contributed by atoms with Gasteiger partial charge in [0.25, 0.3) is 0 Å². The van der Waals surface area contributed by atoms with Crippen molar-refractivity contribution in [2.75, 3.05) is 13.1 Å². The zero-order valence-electron chi connectivity index (χ0n) is 13.0. The molecule has 0 bridgehead atoms. The Balaban J connectivity index is 1.99. The molecule has 1 N–H and O–H groups in total. The van der Waals surface area contributed by atoms with Gasteiger partial charge in [0.1, 0.15) is 21.8 Å². The Bertz CT molecular complexity index is 645. The van der Waals surface area contributed by atoms with Crippen LogP contribution in [0.15, 0.2) is 28.7 Å². The molecular weight excluding hydrogens is 300 g/mol. The van der Waals surface area contributed by atoms with Gasteiger partial charge in [-0.05, 0) is 32.8 Å². The van der Waals surface area contributed by atoms with Crippen LogP contribution in [0.4, 0.5) is 4.79 Å². The molecule has 1 aromatic rings. The molecule has 1 saturated heterocycles. The van der Waals surface area contributed by atoms with E-state index in [-0.39, 0.29) is 5.41 Å². The summed E-state index contributed by atoms with van der Waals surface area (Å²) < 4.78 is 16.6. The number of hydrogen-bond acceptors (Lipinski definition) is 3. The predicted octanol–water partition coefficient (Wildman–Crippen LogP) is 2.47. The number of carboxylic acid groups (broad SMARTS) is 1. The lowest BCUT2D eigenvalue weighted by atomic mass is 9.76. The lowest BCUT2D eigenvalue weighted by Gasteiger charge is -2.46. The molecular formula is C16H20N2O3S. The molecule has 3 rings (SSSR count). The van der Waals surface area contributed by atoms with Gasteiger partial charge in [0, 0.05) is 18.7 Å². The van der Waals surface area contributed by atoms with Crippen molar-refractivity contribution in [3.63, 3.8) is 0 Å². The monoisotopic (exact) mass is 320 g/mol. The Morgan fingerprint density at radius 3 is 2.59 bits per heavy atom. The number of likely N-dealkylation sites (tertiary alicyclic amines) is 1. The molecule has 1 aromatic carbocycles. The fraction of sp³-hybridized carbons (Fsp3) is 0.500. The van der Waals surface area contributed by atoms with E-state index in [1.807, 2.05) is 45.0 Å². The number of carbonyl (C=O) groups is 1.